The molecule has 6 heteroatoms. The summed E-state index contributed by atoms with van der Waals surface area (Å²) in [5, 5.41) is 9.06. The molecule has 0 aliphatic rings. The maximum absolute atomic E-state index is 11.1. The van der Waals surface area contributed by atoms with Gasteiger partial charge in [0.05, 0.1) is 5.69 Å². The standard InChI is InChI=1S/C7H13N3O2S/c1-5(2)7-6(13(8,11)12)4-10(3)9-7/h4-5H,1-3H3,(H2,8,11,12). The summed E-state index contributed by atoms with van der Waals surface area (Å²) in [7, 11) is -1.97. The Hall–Kier alpha value is -0.880. The van der Waals surface area contributed by atoms with Crippen LogP contribution in [0, 0.1) is 0 Å². The van der Waals surface area contributed by atoms with Gasteiger partial charge in [-0.25, -0.2) is 13.6 Å². The maximum Gasteiger partial charge on any atom is 0.241 e. The van der Waals surface area contributed by atoms with Crippen LogP contribution in [-0.4, -0.2) is 18.2 Å². The Kier molecular flexibility index (Phi) is 2.44. The van der Waals surface area contributed by atoms with E-state index in [0.29, 0.717) is 5.69 Å². The van der Waals surface area contributed by atoms with Crippen molar-refractivity contribution in [2.24, 2.45) is 12.2 Å². The first-order valence-electron chi connectivity index (χ1n) is 3.88. The lowest BCUT2D eigenvalue weighted by Gasteiger charge is -2.01. The molecule has 1 rings (SSSR count). The van der Waals surface area contributed by atoms with Gasteiger partial charge in [0, 0.05) is 13.2 Å². The van der Waals surface area contributed by atoms with E-state index in [1.165, 1.54) is 10.9 Å². The molecule has 1 heterocycles. The Balaban J connectivity index is 3.37. The van der Waals surface area contributed by atoms with Gasteiger partial charge in [0.25, 0.3) is 0 Å². The van der Waals surface area contributed by atoms with Crippen LogP contribution in [0.3, 0.4) is 0 Å². The van der Waals surface area contributed by atoms with Crippen molar-refractivity contribution in [2.45, 2.75) is 24.7 Å². The van der Waals surface area contributed by atoms with Crippen molar-refractivity contribution in [3.63, 3.8) is 0 Å². The molecule has 2 N–H and O–H groups in total. The number of hydrogen-bond donors (Lipinski definition) is 1. The predicted molar refractivity (Wildman–Crippen MR) is 48.7 cm³/mol. The molecule has 0 aromatic carbocycles. The Bertz CT molecular complexity index is 405. The number of nitrogens with zero attached hydrogens (tertiary/aromatic N) is 2. The molecule has 0 unspecified atom stereocenters. The highest BCUT2D eigenvalue weighted by Crippen LogP contribution is 2.20. The molecular weight excluding hydrogens is 190 g/mol. The third-order valence-electron chi connectivity index (χ3n) is 1.68. The molecule has 13 heavy (non-hydrogen) atoms. The van der Waals surface area contributed by atoms with E-state index in [-0.39, 0.29) is 10.8 Å². The van der Waals surface area contributed by atoms with Crippen molar-refractivity contribution < 1.29 is 8.42 Å². The summed E-state index contributed by atoms with van der Waals surface area (Å²) in [5.74, 6) is 0.0505. The molecule has 0 aliphatic heterocycles. The van der Waals surface area contributed by atoms with Crippen LogP contribution in [0.4, 0.5) is 0 Å². The quantitative estimate of drug-likeness (QED) is 0.745. The second kappa shape index (κ2) is 3.12. The topological polar surface area (TPSA) is 78.0 Å². The maximum atomic E-state index is 11.1. The zero-order valence-electron chi connectivity index (χ0n) is 7.85. The number of nitrogens with two attached hydrogens (primary N) is 1. The van der Waals surface area contributed by atoms with Crippen LogP contribution < -0.4 is 5.14 Å². The van der Waals surface area contributed by atoms with Crippen molar-refractivity contribution in [1.29, 1.82) is 0 Å². The normalized spacial score (nSPS) is 12.4. The number of primary sulfonamides is 1. The molecule has 0 atom stereocenters. The molecule has 0 spiro atoms. The highest BCUT2D eigenvalue weighted by atomic mass is 32.2. The van der Waals surface area contributed by atoms with E-state index in [9.17, 15) is 8.42 Å². The molecule has 0 radical (unpaired) electrons. The number of sulfonamides is 1. The summed E-state index contributed by atoms with van der Waals surface area (Å²) in [5.41, 5.74) is 0.519. The minimum absolute atomic E-state index is 0.0505. The first-order chi connectivity index (χ1) is 5.82. The van der Waals surface area contributed by atoms with Crippen LogP contribution in [0.25, 0.3) is 0 Å². The summed E-state index contributed by atoms with van der Waals surface area (Å²) in [6.07, 6.45) is 1.42. The first-order valence-corrected chi connectivity index (χ1v) is 5.43. The van der Waals surface area contributed by atoms with Crippen molar-refractivity contribution in [3.8, 4) is 0 Å². The van der Waals surface area contributed by atoms with E-state index >= 15 is 0 Å². The van der Waals surface area contributed by atoms with Crippen LogP contribution in [0.5, 0.6) is 0 Å². The second-order valence-electron chi connectivity index (χ2n) is 3.25. The van der Waals surface area contributed by atoms with Gasteiger partial charge in [-0.05, 0) is 5.92 Å². The van der Waals surface area contributed by atoms with Gasteiger partial charge in [0.15, 0.2) is 0 Å². The summed E-state index contributed by atoms with van der Waals surface area (Å²) < 4.78 is 23.6. The monoisotopic (exact) mass is 203 g/mol. The van der Waals surface area contributed by atoms with Crippen LogP contribution in [0.15, 0.2) is 11.1 Å². The predicted octanol–water partition coefficient (Wildman–Crippen LogP) is 0.191. The highest BCUT2D eigenvalue weighted by molar-refractivity contribution is 7.89. The fourth-order valence-electron chi connectivity index (χ4n) is 1.10. The van der Waals surface area contributed by atoms with Gasteiger partial charge in [0.2, 0.25) is 10.0 Å². The Morgan fingerprint density at radius 2 is 2.08 bits per heavy atom. The molecule has 0 saturated heterocycles. The van der Waals surface area contributed by atoms with E-state index in [4.69, 9.17) is 5.14 Å². The second-order valence-corrected chi connectivity index (χ2v) is 4.78. The number of rotatable bonds is 2. The van der Waals surface area contributed by atoms with Gasteiger partial charge < -0.3 is 0 Å². The van der Waals surface area contributed by atoms with E-state index in [1.807, 2.05) is 13.8 Å². The first kappa shape index (κ1) is 10.2. The highest BCUT2D eigenvalue weighted by Gasteiger charge is 2.19. The van der Waals surface area contributed by atoms with Crippen molar-refractivity contribution >= 4 is 10.0 Å². The summed E-state index contributed by atoms with van der Waals surface area (Å²) in [6, 6.07) is 0. The lowest BCUT2D eigenvalue weighted by atomic mass is 10.1. The van der Waals surface area contributed by atoms with Gasteiger partial charge in [-0.1, -0.05) is 13.8 Å². The molecule has 0 aliphatic carbocycles. The third kappa shape index (κ3) is 2.07. The molecule has 1 aromatic heterocycles. The Morgan fingerprint density at radius 3 is 2.38 bits per heavy atom. The molecule has 0 bridgehead atoms. The molecule has 1 aromatic rings. The zero-order chi connectivity index (χ0) is 10.2. The van der Waals surface area contributed by atoms with E-state index < -0.39 is 10.0 Å². The van der Waals surface area contributed by atoms with E-state index in [0.717, 1.165) is 0 Å². The van der Waals surface area contributed by atoms with Crippen molar-refractivity contribution in [2.75, 3.05) is 0 Å². The van der Waals surface area contributed by atoms with E-state index in [2.05, 4.69) is 5.10 Å². The minimum Gasteiger partial charge on any atom is -0.274 e. The summed E-state index contributed by atoms with van der Waals surface area (Å²) in [4.78, 5) is 0.116. The molecule has 0 amide bonds. The van der Waals surface area contributed by atoms with Crippen LogP contribution in [0.2, 0.25) is 0 Å². The third-order valence-corrected chi connectivity index (χ3v) is 2.60. The minimum atomic E-state index is -3.64. The molecule has 0 fully saturated rings. The lowest BCUT2D eigenvalue weighted by Crippen LogP contribution is -2.13. The Morgan fingerprint density at radius 1 is 1.54 bits per heavy atom. The van der Waals surface area contributed by atoms with Crippen LogP contribution in [-0.2, 0) is 17.1 Å². The van der Waals surface area contributed by atoms with Crippen LogP contribution in [0.1, 0.15) is 25.5 Å². The fourth-order valence-corrected chi connectivity index (χ4v) is 1.97. The largest absolute Gasteiger partial charge is 0.274 e. The van der Waals surface area contributed by atoms with Gasteiger partial charge in [-0.15, -0.1) is 0 Å². The molecule has 5 nitrogen and oxygen atoms in total. The average molecular weight is 203 g/mol. The Labute approximate surface area is 77.6 Å². The fraction of sp³-hybridized carbons (Fsp3) is 0.571. The number of hydrogen-bond acceptors (Lipinski definition) is 3. The van der Waals surface area contributed by atoms with Gasteiger partial charge in [-0.2, -0.15) is 5.10 Å². The molecule has 0 saturated carbocycles. The van der Waals surface area contributed by atoms with Crippen molar-refractivity contribution in [1.82, 2.24) is 9.78 Å². The van der Waals surface area contributed by atoms with Crippen LogP contribution >= 0.6 is 0 Å². The van der Waals surface area contributed by atoms with E-state index in [1.54, 1.807) is 7.05 Å². The van der Waals surface area contributed by atoms with Crippen molar-refractivity contribution in [3.05, 3.63) is 11.9 Å². The number of aryl methyl sites for hydroxylation is 1. The number of aromatic nitrogens is 2. The summed E-state index contributed by atoms with van der Waals surface area (Å²) in [6.45, 7) is 3.74. The molecule has 74 valence electrons. The van der Waals surface area contributed by atoms with Gasteiger partial charge in [-0.3, -0.25) is 4.68 Å². The zero-order valence-corrected chi connectivity index (χ0v) is 8.67. The van der Waals surface area contributed by atoms with Gasteiger partial charge in [0.1, 0.15) is 4.90 Å². The SMILES string of the molecule is CC(C)c1nn(C)cc1S(N)(=O)=O. The smallest absolute Gasteiger partial charge is 0.241 e. The average Bonchev–Trinajstić information content (AvgIpc) is 2.29. The molecular formula is C7H13N3O2S. The van der Waals surface area contributed by atoms with Gasteiger partial charge >= 0.3 is 0 Å². The summed E-state index contributed by atoms with van der Waals surface area (Å²) >= 11 is 0. The lowest BCUT2D eigenvalue weighted by molar-refractivity contribution is 0.595.